The van der Waals surface area contributed by atoms with E-state index in [0.717, 1.165) is 10.0 Å². The van der Waals surface area contributed by atoms with Crippen LogP contribution in [0.2, 0.25) is 0 Å². The molecule has 0 bridgehead atoms. The minimum atomic E-state index is -4.09. The highest BCUT2D eigenvalue weighted by Gasteiger charge is 2.53. The monoisotopic (exact) mass is 524 g/mol. The van der Waals surface area contributed by atoms with E-state index in [9.17, 15) is 18.3 Å². The molecule has 0 radical (unpaired) electrons. The molecule has 1 heterocycles. The zero-order chi connectivity index (χ0) is 23.8. The van der Waals surface area contributed by atoms with Crippen LogP contribution in [0.5, 0.6) is 5.75 Å². The lowest BCUT2D eigenvalue weighted by Gasteiger charge is -2.38. The van der Waals surface area contributed by atoms with Crippen molar-refractivity contribution in [1.82, 2.24) is 4.90 Å². The molecular formula is C22H25BrN2O6S. The van der Waals surface area contributed by atoms with E-state index < -0.39 is 20.6 Å². The van der Waals surface area contributed by atoms with E-state index in [2.05, 4.69) is 32.6 Å². The number of halogens is 1. The summed E-state index contributed by atoms with van der Waals surface area (Å²) in [4.78, 5) is 14.2. The Morgan fingerprint density at radius 1 is 1.12 bits per heavy atom. The average Bonchev–Trinajstić information content (AvgIpc) is 2.81. The van der Waals surface area contributed by atoms with Gasteiger partial charge < -0.3 is 15.1 Å². The number of sulfone groups is 1. The lowest BCUT2D eigenvalue weighted by molar-refractivity contribution is -0.141. The lowest BCUT2D eigenvalue weighted by atomic mass is 9.95. The summed E-state index contributed by atoms with van der Waals surface area (Å²) >= 11 is 3.40. The van der Waals surface area contributed by atoms with Gasteiger partial charge in [-0.1, -0.05) is 34.0 Å². The predicted octanol–water partition coefficient (Wildman–Crippen LogP) is 2.69. The Bertz CT molecular complexity index is 1040. The third-order valence-corrected chi connectivity index (χ3v) is 8.38. The normalized spacial score (nSPS) is 15.7. The minimum Gasteiger partial charge on any atom is -0.481 e. The van der Waals surface area contributed by atoms with Crippen LogP contribution in [0.3, 0.4) is 0 Å². The first kappa shape index (κ1) is 25.8. The molecule has 0 aliphatic carbocycles. The van der Waals surface area contributed by atoms with Crippen LogP contribution in [0.15, 0.2) is 57.9 Å². The third-order valence-electron chi connectivity index (χ3n) is 5.34. The van der Waals surface area contributed by atoms with E-state index >= 15 is 0 Å². The van der Waals surface area contributed by atoms with Crippen molar-refractivity contribution in [2.75, 3.05) is 19.7 Å². The predicted molar refractivity (Wildman–Crippen MR) is 123 cm³/mol. The second-order valence-electron chi connectivity index (χ2n) is 7.17. The van der Waals surface area contributed by atoms with Crippen molar-refractivity contribution < 1.29 is 28.3 Å². The van der Waals surface area contributed by atoms with Crippen molar-refractivity contribution in [1.29, 1.82) is 0 Å². The molecule has 172 valence electrons. The molecule has 8 nitrogen and oxygen atoms in total. The number of hydrogen-bond donors (Lipinski definition) is 3. The quantitative estimate of drug-likeness (QED) is 0.372. The smallest absolute Gasteiger partial charge is 0.325 e. The van der Waals surface area contributed by atoms with Gasteiger partial charge in [-0.25, -0.2) is 14.3 Å². The Hall–Kier alpha value is -2.42. The third kappa shape index (κ3) is 5.68. The van der Waals surface area contributed by atoms with Crippen molar-refractivity contribution in [3.05, 3.63) is 58.6 Å². The number of terminal acetylenes is 1. The maximum absolute atomic E-state index is 13.3. The summed E-state index contributed by atoms with van der Waals surface area (Å²) in [7, 11) is -4.09. The molecule has 10 heteroatoms. The number of piperidine rings is 1. The van der Waals surface area contributed by atoms with E-state index in [1.807, 2.05) is 24.3 Å². The highest BCUT2D eigenvalue weighted by atomic mass is 79.9. The van der Waals surface area contributed by atoms with E-state index in [1.165, 1.54) is 24.3 Å². The number of aliphatic carboxylic acids is 1. The van der Waals surface area contributed by atoms with Crippen LogP contribution in [-0.2, 0) is 21.2 Å². The number of nitrogens with two attached hydrogens (primary N) is 1. The van der Waals surface area contributed by atoms with Crippen LogP contribution >= 0.6 is 15.9 Å². The van der Waals surface area contributed by atoms with Gasteiger partial charge >= 0.3 is 5.97 Å². The second kappa shape index (κ2) is 11.4. The van der Waals surface area contributed by atoms with E-state index in [4.69, 9.17) is 16.4 Å². The van der Waals surface area contributed by atoms with Crippen LogP contribution in [0.4, 0.5) is 0 Å². The lowest BCUT2D eigenvalue weighted by Crippen LogP contribution is -2.54. The average molecular weight is 525 g/mol. The fourth-order valence-corrected chi connectivity index (χ4v) is 5.74. The topological polar surface area (TPSA) is 130 Å². The Morgan fingerprint density at radius 2 is 1.69 bits per heavy atom. The number of hydrogen-bond acceptors (Lipinski definition) is 7. The number of nitrogens with zero attached hydrogens (tertiary/aromatic N) is 1. The van der Waals surface area contributed by atoms with Crippen LogP contribution in [-0.4, -0.2) is 54.0 Å². The summed E-state index contributed by atoms with van der Waals surface area (Å²) in [5, 5.41) is 16.4. The van der Waals surface area contributed by atoms with Gasteiger partial charge in [-0.05, 0) is 54.8 Å². The number of carbonyl (C=O) groups is 1. The molecule has 4 N–H and O–H groups in total. The van der Waals surface area contributed by atoms with Gasteiger partial charge in [0.2, 0.25) is 0 Å². The molecule has 1 fully saturated rings. The van der Waals surface area contributed by atoms with E-state index in [-0.39, 0.29) is 24.3 Å². The van der Waals surface area contributed by atoms with Gasteiger partial charge in [-0.15, -0.1) is 6.42 Å². The van der Waals surface area contributed by atoms with Crippen molar-refractivity contribution in [3.63, 3.8) is 0 Å². The Kier molecular flexibility index (Phi) is 9.24. The van der Waals surface area contributed by atoms with Crippen molar-refractivity contribution in [2.24, 2.45) is 5.90 Å². The number of benzene rings is 2. The molecule has 0 spiro atoms. The summed E-state index contributed by atoms with van der Waals surface area (Å²) in [6.07, 6.45) is 5.20. The van der Waals surface area contributed by atoms with Crippen LogP contribution < -0.4 is 10.6 Å². The van der Waals surface area contributed by atoms with E-state index in [0.29, 0.717) is 25.4 Å². The number of carboxylic acid groups (broad SMARTS) is 1. The van der Waals surface area contributed by atoms with Gasteiger partial charge in [-0.3, -0.25) is 9.69 Å². The second-order valence-corrected chi connectivity index (χ2v) is 10.3. The molecule has 0 aromatic heterocycles. The molecule has 0 saturated carbocycles. The van der Waals surface area contributed by atoms with Gasteiger partial charge in [0, 0.05) is 24.1 Å². The number of carboxylic acids is 1. The number of rotatable bonds is 7. The van der Waals surface area contributed by atoms with Crippen molar-refractivity contribution >= 4 is 31.7 Å². The summed E-state index contributed by atoms with van der Waals surface area (Å²) in [5.74, 6) is 4.96. The highest BCUT2D eigenvalue weighted by Crippen LogP contribution is 2.37. The standard InChI is InChI=1S/C22H22BrNO5S.H3NO/c1-2-15-29-19-7-9-20(10-8-19)30(27,28)22(21(25)26)11-13-24(14-12-22)16-17-3-5-18(23)6-4-17;1-2/h1,3-10H,11-16H2,(H,25,26);2H,1H2. The molecule has 0 unspecified atom stereocenters. The van der Waals surface area contributed by atoms with Gasteiger partial charge in [0.25, 0.3) is 0 Å². The highest BCUT2D eigenvalue weighted by molar-refractivity contribution is 9.10. The molecule has 1 aliphatic rings. The molecule has 0 amide bonds. The SMILES string of the molecule is C#CCOc1ccc(S(=O)(=O)C2(C(=O)O)CCN(Cc3ccc(Br)cc3)CC2)cc1.NO. The summed E-state index contributed by atoms with van der Waals surface area (Å²) in [5.41, 5.74) is 1.09. The van der Waals surface area contributed by atoms with Crippen LogP contribution in [0, 0.1) is 12.3 Å². The first-order valence-corrected chi connectivity index (χ1v) is 11.9. The first-order chi connectivity index (χ1) is 15.3. The zero-order valence-electron chi connectivity index (χ0n) is 17.3. The molecule has 32 heavy (non-hydrogen) atoms. The van der Waals surface area contributed by atoms with E-state index in [1.54, 1.807) is 0 Å². The van der Waals surface area contributed by atoms with Crippen molar-refractivity contribution in [2.45, 2.75) is 29.0 Å². The Balaban J connectivity index is 0.00000176. The Labute approximate surface area is 196 Å². The largest absolute Gasteiger partial charge is 0.481 e. The first-order valence-electron chi connectivity index (χ1n) is 9.65. The molecule has 1 saturated heterocycles. The van der Waals surface area contributed by atoms with Crippen molar-refractivity contribution in [3.8, 4) is 18.1 Å². The molecule has 0 atom stereocenters. The fourth-order valence-electron chi connectivity index (χ4n) is 3.58. The maximum Gasteiger partial charge on any atom is 0.325 e. The molecular weight excluding hydrogens is 500 g/mol. The number of ether oxygens (including phenoxy) is 1. The number of likely N-dealkylation sites (tertiary alicyclic amines) is 1. The molecule has 1 aliphatic heterocycles. The van der Waals surface area contributed by atoms with Crippen LogP contribution in [0.25, 0.3) is 0 Å². The summed E-state index contributed by atoms with van der Waals surface area (Å²) in [6, 6.07) is 13.6. The maximum atomic E-state index is 13.3. The van der Waals surface area contributed by atoms with Gasteiger partial charge in [0.15, 0.2) is 14.6 Å². The van der Waals surface area contributed by atoms with Gasteiger partial charge in [0.1, 0.15) is 12.4 Å². The summed E-state index contributed by atoms with van der Waals surface area (Å²) in [6.45, 7) is 1.47. The van der Waals surface area contributed by atoms with Gasteiger partial charge in [-0.2, -0.15) is 0 Å². The Morgan fingerprint density at radius 3 is 2.19 bits per heavy atom. The summed E-state index contributed by atoms with van der Waals surface area (Å²) < 4.78 is 31.0. The molecule has 2 aromatic carbocycles. The zero-order valence-corrected chi connectivity index (χ0v) is 19.7. The minimum absolute atomic E-state index is 0.0243. The van der Waals surface area contributed by atoms with Gasteiger partial charge in [0.05, 0.1) is 4.90 Å². The van der Waals surface area contributed by atoms with Crippen LogP contribution in [0.1, 0.15) is 18.4 Å². The molecule has 2 aromatic rings. The molecule has 3 rings (SSSR count). The fraction of sp³-hybridized carbons (Fsp3) is 0.318.